The number of β-amino-alcohol motifs (C(OH)–C–C–N with tert-alkyl or cyclic N) is 1. The van der Waals surface area contributed by atoms with E-state index in [1.807, 2.05) is 18.2 Å². The molecule has 0 amide bonds. The zero-order valence-electron chi connectivity index (χ0n) is 9.14. The van der Waals surface area contributed by atoms with Crippen LogP contribution in [0.5, 0.6) is 5.75 Å². The monoisotopic (exact) mass is 240 g/mol. The number of nitrogen functional groups attached to an aromatic ring is 1. The second-order valence-electron chi connectivity index (χ2n) is 3.79. The van der Waals surface area contributed by atoms with Crippen molar-refractivity contribution in [1.82, 2.24) is 5.32 Å². The average Bonchev–Trinajstić information content (AvgIpc) is 2.68. The van der Waals surface area contributed by atoms with E-state index in [0.717, 1.165) is 22.9 Å². The summed E-state index contributed by atoms with van der Waals surface area (Å²) in [6.45, 7) is 1.46. The van der Waals surface area contributed by atoms with Crippen LogP contribution in [0.25, 0.3) is 0 Å². The van der Waals surface area contributed by atoms with Crippen LogP contribution in [0.2, 0.25) is 0 Å². The third kappa shape index (κ3) is 2.42. The lowest BCUT2D eigenvalue weighted by atomic mass is 10.3. The minimum absolute atomic E-state index is 0.161. The van der Waals surface area contributed by atoms with Crippen LogP contribution in [-0.2, 0) is 0 Å². The molecule has 0 bridgehead atoms. The molecule has 1 aliphatic heterocycles. The van der Waals surface area contributed by atoms with Crippen LogP contribution in [-0.4, -0.2) is 36.7 Å². The third-order valence-corrected chi connectivity index (χ3v) is 4.02. The van der Waals surface area contributed by atoms with Crippen molar-refractivity contribution in [1.29, 1.82) is 0 Å². The molecule has 1 aromatic rings. The van der Waals surface area contributed by atoms with Gasteiger partial charge in [0, 0.05) is 28.9 Å². The van der Waals surface area contributed by atoms with E-state index in [4.69, 9.17) is 10.5 Å². The Balaban J connectivity index is 2.13. The molecule has 1 aliphatic rings. The molecule has 2 unspecified atom stereocenters. The fraction of sp³-hybridized carbons (Fsp3) is 0.455. The Labute approximate surface area is 99.2 Å². The molecule has 5 heteroatoms. The van der Waals surface area contributed by atoms with Crippen molar-refractivity contribution >= 4 is 17.4 Å². The minimum Gasteiger partial charge on any atom is -0.497 e. The van der Waals surface area contributed by atoms with Crippen molar-refractivity contribution in [3.05, 3.63) is 18.2 Å². The van der Waals surface area contributed by atoms with Gasteiger partial charge in [0.25, 0.3) is 0 Å². The largest absolute Gasteiger partial charge is 0.497 e. The zero-order valence-corrected chi connectivity index (χ0v) is 9.96. The van der Waals surface area contributed by atoms with E-state index < -0.39 is 0 Å². The third-order valence-electron chi connectivity index (χ3n) is 2.63. The van der Waals surface area contributed by atoms with Crippen molar-refractivity contribution in [2.24, 2.45) is 0 Å². The van der Waals surface area contributed by atoms with Gasteiger partial charge < -0.3 is 20.9 Å². The highest BCUT2D eigenvalue weighted by Crippen LogP contribution is 2.34. The first-order chi connectivity index (χ1) is 7.70. The second-order valence-corrected chi connectivity index (χ2v) is 5.07. The second kappa shape index (κ2) is 4.95. The number of benzene rings is 1. The van der Waals surface area contributed by atoms with Crippen molar-refractivity contribution in [2.45, 2.75) is 16.2 Å². The Hall–Kier alpha value is -0.910. The summed E-state index contributed by atoms with van der Waals surface area (Å²) in [4.78, 5) is 0.965. The molecule has 1 heterocycles. The number of thioether (sulfide) groups is 1. The van der Waals surface area contributed by atoms with E-state index in [-0.39, 0.29) is 11.4 Å². The number of ether oxygens (including phenoxy) is 1. The zero-order chi connectivity index (χ0) is 11.5. The molecular formula is C11H16N2O2S. The van der Waals surface area contributed by atoms with Crippen LogP contribution < -0.4 is 15.8 Å². The first-order valence-electron chi connectivity index (χ1n) is 5.19. The van der Waals surface area contributed by atoms with Gasteiger partial charge in [-0.15, -0.1) is 11.8 Å². The maximum atomic E-state index is 9.71. The Kier molecular flexibility index (Phi) is 3.58. The summed E-state index contributed by atoms with van der Waals surface area (Å²) in [5.74, 6) is 0.789. The lowest BCUT2D eigenvalue weighted by Gasteiger charge is -2.14. The van der Waals surface area contributed by atoms with Crippen LogP contribution in [0, 0.1) is 0 Å². The molecule has 0 radical (unpaired) electrons. The predicted molar refractivity (Wildman–Crippen MR) is 65.9 cm³/mol. The number of aliphatic hydroxyl groups is 1. The van der Waals surface area contributed by atoms with Crippen LogP contribution in [0.15, 0.2) is 23.1 Å². The maximum Gasteiger partial charge on any atom is 0.120 e. The van der Waals surface area contributed by atoms with E-state index >= 15 is 0 Å². The Morgan fingerprint density at radius 3 is 2.94 bits per heavy atom. The quantitative estimate of drug-likeness (QED) is 0.679. The summed E-state index contributed by atoms with van der Waals surface area (Å²) in [6.07, 6.45) is -0.310. The Morgan fingerprint density at radius 2 is 2.31 bits per heavy atom. The first-order valence-corrected chi connectivity index (χ1v) is 6.07. The van der Waals surface area contributed by atoms with Crippen LogP contribution in [0.3, 0.4) is 0 Å². The highest BCUT2D eigenvalue weighted by atomic mass is 32.2. The first kappa shape index (κ1) is 11.6. The molecule has 0 aromatic heterocycles. The number of hydrogen-bond donors (Lipinski definition) is 3. The number of nitrogens with two attached hydrogens (primary N) is 1. The lowest BCUT2D eigenvalue weighted by Crippen LogP contribution is -2.20. The van der Waals surface area contributed by atoms with Crippen molar-refractivity contribution in [3.63, 3.8) is 0 Å². The Bertz CT molecular complexity index is 373. The van der Waals surface area contributed by atoms with Crippen LogP contribution >= 0.6 is 11.8 Å². The molecule has 4 nitrogen and oxygen atoms in total. The van der Waals surface area contributed by atoms with E-state index in [2.05, 4.69) is 5.32 Å². The summed E-state index contributed by atoms with van der Waals surface area (Å²) >= 11 is 1.60. The van der Waals surface area contributed by atoms with Gasteiger partial charge in [-0.2, -0.15) is 0 Å². The maximum absolute atomic E-state index is 9.71. The number of methoxy groups -OCH3 is 1. The highest BCUT2D eigenvalue weighted by molar-refractivity contribution is 8.00. The number of nitrogens with one attached hydrogen (secondary N) is 1. The molecule has 1 saturated heterocycles. The van der Waals surface area contributed by atoms with Crippen molar-refractivity contribution in [3.8, 4) is 5.75 Å². The van der Waals surface area contributed by atoms with Gasteiger partial charge >= 0.3 is 0 Å². The van der Waals surface area contributed by atoms with Gasteiger partial charge in [-0.1, -0.05) is 0 Å². The number of aliphatic hydroxyl groups excluding tert-OH is 1. The SMILES string of the molecule is COc1ccc(N)c(SC2CNCC2O)c1. The molecule has 88 valence electrons. The molecule has 1 aromatic carbocycles. The van der Waals surface area contributed by atoms with E-state index in [1.54, 1.807) is 18.9 Å². The molecule has 0 spiro atoms. The summed E-state index contributed by atoms with van der Waals surface area (Å²) in [5, 5.41) is 13.0. The van der Waals surface area contributed by atoms with Gasteiger partial charge in [-0.25, -0.2) is 0 Å². The molecule has 4 N–H and O–H groups in total. The fourth-order valence-electron chi connectivity index (χ4n) is 1.67. The van der Waals surface area contributed by atoms with Gasteiger partial charge in [0.2, 0.25) is 0 Å². The molecule has 0 saturated carbocycles. The molecule has 1 fully saturated rings. The summed E-state index contributed by atoms with van der Waals surface area (Å²) in [7, 11) is 1.63. The predicted octanol–water partition coefficient (Wildman–Crippen LogP) is 0.702. The average molecular weight is 240 g/mol. The summed E-state index contributed by atoms with van der Waals surface area (Å²) in [6, 6.07) is 5.57. The molecular weight excluding hydrogens is 224 g/mol. The summed E-state index contributed by atoms with van der Waals surface area (Å²) < 4.78 is 5.15. The molecule has 16 heavy (non-hydrogen) atoms. The van der Waals surface area contributed by atoms with Gasteiger partial charge in [0.05, 0.1) is 13.2 Å². The fourth-order valence-corrected chi connectivity index (χ4v) is 2.84. The van der Waals surface area contributed by atoms with E-state index in [9.17, 15) is 5.11 Å². The van der Waals surface area contributed by atoms with Crippen LogP contribution in [0.4, 0.5) is 5.69 Å². The number of rotatable bonds is 3. The van der Waals surface area contributed by atoms with E-state index in [0.29, 0.717) is 6.54 Å². The van der Waals surface area contributed by atoms with Crippen molar-refractivity contribution < 1.29 is 9.84 Å². The highest BCUT2D eigenvalue weighted by Gasteiger charge is 2.26. The van der Waals surface area contributed by atoms with Gasteiger partial charge in [-0.05, 0) is 18.2 Å². The smallest absolute Gasteiger partial charge is 0.120 e. The topological polar surface area (TPSA) is 67.5 Å². The van der Waals surface area contributed by atoms with Gasteiger partial charge in [0.1, 0.15) is 5.75 Å². The normalized spacial score (nSPS) is 24.6. The number of anilines is 1. The standard InChI is InChI=1S/C11H16N2O2S/c1-15-7-2-3-8(12)10(4-7)16-11-6-13-5-9(11)14/h2-4,9,11,13-14H,5-6,12H2,1H3. The summed E-state index contributed by atoms with van der Waals surface area (Å²) in [5.41, 5.74) is 6.62. The van der Waals surface area contributed by atoms with Crippen molar-refractivity contribution in [2.75, 3.05) is 25.9 Å². The van der Waals surface area contributed by atoms with Crippen LogP contribution in [0.1, 0.15) is 0 Å². The number of hydrogen-bond acceptors (Lipinski definition) is 5. The molecule has 2 atom stereocenters. The minimum atomic E-state index is -0.310. The molecule has 2 rings (SSSR count). The Morgan fingerprint density at radius 1 is 1.50 bits per heavy atom. The molecule has 0 aliphatic carbocycles. The van der Waals surface area contributed by atoms with Gasteiger partial charge in [-0.3, -0.25) is 0 Å². The van der Waals surface area contributed by atoms with Gasteiger partial charge in [0.15, 0.2) is 0 Å². The lowest BCUT2D eigenvalue weighted by molar-refractivity contribution is 0.201. The van der Waals surface area contributed by atoms with E-state index in [1.165, 1.54) is 0 Å².